The number of nitrogens with two attached hydrogens (primary N) is 1. The van der Waals surface area contributed by atoms with E-state index in [9.17, 15) is 24.3 Å². The molecule has 11 nitrogen and oxygen atoms in total. The third-order valence-corrected chi connectivity index (χ3v) is 8.76. The van der Waals surface area contributed by atoms with Crippen molar-refractivity contribution in [1.29, 1.82) is 0 Å². The maximum atomic E-state index is 14.4. The van der Waals surface area contributed by atoms with Crippen molar-refractivity contribution < 1.29 is 29.0 Å². The predicted octanol–water partition coefficient (Wildman–Crippen LogP) is 5.10. The van der Waals surface area contributed by atoms with Crippen LogP contribution in [0.2, 0.25) is 0 Å². The Morgan fingerprint density at radius 2 is 1.47 bits per heavy atom. The fourth-order valence-electron chi connectivity index (χ4n) is 5.22. The second-order valence-corrected chi connectivity index (χ2v) is 14.4. The van der Waals surface area contributed by atoms with Crippen LogP contribution in [-0.2, 0) is 27.4 Å². The SMILES string of the molecule is CC[C@H](C)[C@H](N)C(=O)NC(C(O)C(Cc1ccccc1)C(=O)[C@@H](C)N(C)C(=O)OCc1ccccc1)N(CCC(C)C)C(=O)NC(C)(C)C. The number of hydrogen-bond donors (Lipinski definition) is 4. The molecule has 49 heavy (non-hydrogen) atoms. The number of hydrogen-bond acceptors (Lipinski definition) is 7. The van der Waals surface area contributed by atoms with Crippen molar-refractivity contribution in [3.8, 4) is 0 Å². The molecule has 272 valence electrons. The van der Waals surface area contributed by atoms with E-state index in [2.05, 4.69) is 10.6 Å². The molecule has 4 amide bonds. The number of ether oxygens (including phenoxy) is 1. The van der Waals surface area contributed by atoms with Gasteiger partial charge < -0.3 is 36.0 Å². The maximum Gasteiger partial charge on any atom is 0.410 e. The maximum absolute atomic E-state index is 14.4. The highest BCUT2D eigenvalue weighted by molar-refractivity contribution is 5.90. The zero-order valence-corrected chi connectivity index (χ0v) is 30.8. The zero-order chi connectivity index (χ0) is 36.9. The number of nitrogens with zero attached hydrogens (tertiary/aromatic N) is 2. The molecule has 0 saturated carbocycles. The van der Waals surface area contributed by atoms with Crippen molar-refractivity contribution in [3.05, 3.63) is 71.8 Å². The lowest BCUT2D eigenvalue weighted by Crippen LogP contribution is -2.65. The van der Waals surface area contributed by atoms with Crippen LogP contribution >= 0.6 is 0 Å². The van der Waals surface area contributed by atoms with Crippen LogP contribution in [-0.4, -0.2) is 82.2 Å². The molecule has 0 heterocycles. The van der Waals surface area contributed by atoms with Gasteiger partial charge in [-0.3, -0.25) is 9.59 Å². The van der Waals surface area contributed by atoms with Crippen LogP contribution in [0.4, 0.5) is 9.59 Å². The van der Waals surface area contributed by atoms with Gasteiger partial charge in [-0.25, -0.2) is 9.59 Å². The number of carbonyl (C=O) groups excluding carboxylic acids is 4. The van der Waals surface area contributed by atoms with Gasteiger partial charge in [0.2, 0.25) is 5.91 Å². The van der Waals surface area contributed by atoms with Crippen LogP contribution in [0, 0.1) is 17.8 Å². The second kappa shape index (κ2) is 19.3. The lowest BCUT2D eigenvalue weighted by Gasteiger charge is -2.41. The topological polar surface area (TPSA) is 154 Å². The largest absolute Gasteiger partial charge is 0.445 e. The summed E-state index contributed by atoms with van der Waals surface area (Å²) in [6, 6.07) is 15.9. The lowest BCUT2D eigenvalue weighted by atomic mass is 9.85. The van der Waals surface area contributed by atoms with E-state index in [0.717, 1.165) is 11.1 Å². The van der Waals surface area contributed by atoms with E-state index in [0.29, 0.717) is 12.8 Å². The Morgan fingerprint density at radius 1 is 0.918 bits per heavy atom. The predicted molar refractivity (Wildman–Crippen MR) is 192 cm³/mol. The van der Waals surface area contributed by atoms with E-state index < -0.39 is 59.6 Å². The van der Waals surface area contributed by atoms with E-state index in [-0.39, 0.29) is 31.4 Å². The molecule has 3 unspecified atom stereocenters. The molecular formula is C38H59N5O6. The van der Waals surface area contributed by atoms with Crippen LogP contribution in [0.3, 0.4) is 0 Å². The van der Waals surface area contributed by atoms with Gasteiger partial charge in [-0.2, -0.15) is 0 Å². The molecule has 0 bridgehead atoms. The Bertz CT molecular complexity index is 1330. The fraction of sp³-hybridized carbons (Fsp3) is 0.579. The van der Waals surface area contributed by atoms with Gasteiger partial charge in [-0.1, -0.05) is 94.8 Å². The first-order chi connectivity index (χ1) is 23.0. The molecule has 2 aromatic carbocycles. The molecule has 0 spiro atoms. The van der Waals surface area contributed by atoms with E-state index in [1.807, 2.05) is 109 Å². The van der Waals surface area contributed by atoms with Gasteiger partial charge in [0.25, 0.3) is 0 Å². The summed E-state index contributed by atoms with van der Waals surface area (Å²) in [4.78, 5) is 57.6. The van der Waals surface area contributed by atoms with Gasteiger partial charge in [0.1, 0.15) is 18.9 Å². The van der Waals surface area contributed by atoms with Crippen LogP contribution in [0.15, 0.2) is 60.7 Å². The van der Waals surface area contributed by atoms with Gasteiger partial charge in [-0.15, -0.1) is 0 Å². The van der Waals surface area contributed by atoms with E-state index >= 15 is 0 Å². The molecule has 0 saturated heterocycles. The molecular weight excluding hydrogens is 622 g/mol. The monoisotopic (exact) mass is 681 g/mol. The minimum absolute atomic E-state index is 0.0270. The summed E-state index contributed by atoms with van der Waals surface area (Å²) in [5.41, 5.74) is 7.26. The highest BCUT2D eigenvalue weighted by atomic mass is 16.6. The summed E-state index contributed by atoms with van der Waals surface area (Å²) >= 11 is 0. The summed E-state index contributed by atoms with van der Waals surface area (Å²) < 4.78 is 5.49. The number of Topliss-reactive ketones (excluding diaryl/α,β-unsaturated/α-hetero) is 1. The average molecular weight is 682 g/mol. The summed E-state index contributed by atoms with van der Waals surface area (Å²) in [7, 11) is 1.47. The Labute approximate surface area is 292 Å². The number of likely N-dealkylation sites (N-methyl/N-ethyl adjacent to an activating group) is 1. The number of ketones is 1. The Hall–Kier alpha value is -3.96. The summed E-state index contributed by atoms with van der Waals surface area (Å²) in [6.45, 7) is 15.1. The number of urea groups is 1. The third kappa shape index (κ3) is 13.1. The fourth-order valence-corrected chi connectivity index (χ4v) is 5.22. The van der Waals surface area contributed by atoms with Crippen molar-refractivity contribution in [1.82, 2.24) is 20.4 Å². The van der Waals surface area contributed by atoms with E-state index in [4.69, 9.17) is 10.5 Å². The standard InChI is InChI=1S/C38H59N5O6/c1-10-26(4)31(39)35(46)40-34(43(22-21-25(2)3)36(47)41-38(6,7)8)33(45)30(23-28-17-13-11-14-18-28)32(44)27(5)42(9)37(48)49-24-29-19-15-12-16-20-29/h11-20,25-27,30-31,33-34,45H,10,21-24,39H2,1-9H3,(H,40,46)(H,41,47)/t26-,27+,30?,31-,33?,34?/m0/s1. The minimum atomic E-state index is -1.57. The molecule has 0 aliphatic carbocycles. The summed E-state index contributed by atoms with van der Waals surface area (Å²) in [5, 5.41) is 18.1. The van der Waals surface area contributed by atoms with E-state index in [1.165, 1.54) is 16.8 Å². The van der Waals surface area contributed by atoms with Gasteiger partial charge >= 0.3 is 12.1 Å². The smallest absolute Gasteiger partial charge is 0.410 e. The number of nitrogens with one attached hydrogen (secondary N) is 2. The molecule has 0 aliphatic rings. The van der Waals surface area contributed by atoms with Crippen LogP contribution in [0.1, 0.15) is 79.4 Å². The third-order valence-electron chi connectivity index (χ3n) is 8.76. The van der Waals surface area contributed by atoms with Crippen LogP contribution in [0.25, 0.3) is 0 Å². The van der Waals surface area contributed by atoms with E-state index in [1.54, 1.807) is 6.92 Å². The van der Waals surface area contributed by atoms with Crippen LogP contribution in [0.5, 0.6) is 0 Å². The first-order valence-electron chi connectivity index (χ1n) is 17.3. The second-order valence-electron chi connectivity index (χ2n) is 14.4. The van der Waals surface area contributed by atoms with Crippen molar-refractivity contribution in [2.24, 2.45) is 23.5 Å². The van der Waals surface area contributed by atoms with Crippen molar-refractivity contribution in [2.45, 2.75) is 111 Å². The summed E-state index contributed by atoms with van der Waals surface area (Å²) in [6.07, 6.45) is -2.30. The molecule has 5 N–H and O–H groups in total. The molecule has 2 aromatic rings. The van der Waals surface area contributed by atoms with Crippen molar-refractivity contribution in [2.75, 3.05) is 13.6 Å². The number of rotatable bonds is 17. The van der Waals surface area contributed by atoms with Crippen molar-refractivity contribution in [3.63, 3.8) is 0 Å². The van der Waals surface area contributed by atoms with Crippen molar-refractivity contribution >= 4 is 23.8 Å². The van der Waals surface area contributed by atoms with Crippen LogP contribution < -0.4 is 16.4 Å². The molecule has 6 atom stereocenters. The highest BCUT2D eigenvalue weighted by Crippen LogP contribution is 2.24. The number of aliphatic hydroxyl groups excluding tert-OH is 1. The first-order valence-corrected chi connectivity index (χ1v) is 17.3. The first kappa shape index (κ1) is 41.2. The Balaban J connectivity index is 2.57. The van der Waals surface area contributed by atoms with Gasteiger partial charge in [0.05, 0.1) is 18.0 Å². The molecule has 0 aromatic heterocycles. The number of carbonyl (C=O) groups is 4. The summed E-state index contributed by atoms with van der Waals surface area (Å²) in [5.74, 6) is -2.13. The molecule has 0 aliphatic heterocycles. The number of benzene rings is 2. The number of amides is 4. The minimum Gasteiger partial charge on any atom is -0.445 e. The Kier molecular flexibility index (Phi) is 16.2. The number of aliphatic hydroxyl groups is 1. The molecule has 0 radical (unpaired) electrons. The van der Waals surface area contributed by atoms with Gasteiger partial charge in [0.15, 0.2) is 5.78 Å². The normalized spacial score (nSPS) is 15.3. The highest BCUT2D eigenvalue weighted by Gasteiger charge is 2.42. The Morgan fingerprint density at radius 3 is 1.98 bits per heavy atom. The lowest BCUT2D eigenvalue weighted by molar-refractivity contribution is -0.136. The average Bonchev–Trinajstić information content (AvgIpc) is 3.06. The zero-order valence-electron chi connectivity index (χ0n) is 30.8. The molecule has 11 heteroatoms. The van der Waals surface area contributed by atoms with Gasteiger partial charge in [-0.05, 0) is 63.5 Å². The quantitative estimate of drug-likeness (QED) is 0.169. The van der Waals surface area contributed by atoms with Gasteiger partial charge in [0, 0.05) is 19.1 Å². The molecule has 2 rings (SSSR count). The molecule has 0 fully saturated rings.